The van der Waals surface area contributed by atoms with Crippen molar-refractivity contribution < 1.29 is 18.0 Å². The maximum absolute atomic E-state index is 13.6. The zero-order chi connectivity index (χ0) is 25.5. The number of amides is 1. The number of likely N-dealkylation sites (tertiary alicyclic amines) is 1. The van der Waals surface area contributed by atoms with Gasteiger partial charge >= 0.3 is 0 Å². The van der Waals surface area contributed by atoms with E-state index in [4.69, 9.17) is 0 Å². The zero-order valence-electron chi connectivity index (χ0n) is 20.2. The Morgan fingerprint density at radius 3 is 2.31 bits per heavy atom. The molecule has 0 bridgehead atoms. The fourth-order valence-corrected chi connectivity index (χ4v) is 5.86. The monoisotopic (exact) mass is 506 g/mol. The molecular weight excluding hydrogens is 476 g/mol. The normalized spacial score (nSPS) is 14.8. The van der Waals surface area contributed by atoms with Gasteiger partial charge in [0, 0.05) is 43.4 Å². The Bertz CT molecular complexity index is 1270. The summed E-state index contributed by atoms with van der Waals surface area (Å²) in [6, 6.07) is 18.9. The lowest BCUT2D eigenvalue weighted by Crippen LogP contribution is -2.42. The first-order valence-corrected chi connectivity index (χ1v) is 13.4. The molecule has 8 nitrogen and oxygen atoms in total. The summed E-state index contributed by atoms with van der Waals surface area (Å²) in [6.07, 6.45) is 4.63. The average Bonchev–Trinajstić information content (AvgIpc) is 2.90. The predicted octanol–water partition coefficient (Wildman–Crippen LogP) is 3.83. The first-order chi connectivity index (χ1) is 17.3. The van der Waals surface area contributed by atoms with Crippen LogP contribution in [0.15, 0.2) is 84.0 Å². The summed E-state index contributed by atoms with van der Waals surface area (Å²) in [5.41, 5.74) is 1.76. The Morgan fingerprint density at radius 2 is 1.69 bits per heavy atom. The van der Waals surface area contributed by atoms with E-state index in [2.05, 4.69) is 15.2 Å². The van der Waals surface area contributed by atoms with E-state index in [1.807, 2.05) is 30.3 Å². The molecule has 1 aliphatic rings. The van der Waals surface area contributed by atoms with Gasteiger partial charge in [-0.05, 0) is 62.3 Å². The molecule has 36 heavy (non-hydrogen) atoms. The fourth-order valence-electron chi connectivity index (χ4n) is 4.42. The van der Waals surface area contributed by atoms with Gasteiger partial charge in [0.2, 0.25) is 5.91 Å². The van der Waals surface area contributed by atoms with Crippen molar-refractivity contribution in [3.8, 4) is 0 Å². The van der Waals surface area contributed by atoms with Crippen molar-refractivity contribution >= 4 is 33.1 Å². The highest BCUT2D eigenvalue weighted by Crippen LogP contribution is 2.26. The van der Waals surface area contributed by atoms with E-state index >= 15 is 0 Å². The van der Waals surface area contributed by atoms with Crippen LogP contribution < -0.4 is 9.62 Å². The lowest BCUT2D eigenvalue weighted by Gasteiger charge is -2.33. The quantitative estimate of drug-likeness (QED) is 0.443. The maximum atomic E-state index is 13.6. The van der Waals surface area contributed by atoms with Gasteiger partial charge in [0.15, 0.2) is 5.78 Å². The number of pyridine rings is 1. The third kappa shape index (κ3) is 6.16. The van der Waals surface area contributed by atoms with Crippen molar-refractivity contribution in [2.24, 2.45) is 5.92 Å². The molecule has 9 heteroatoms. The Hall–Kier alpha value is -3.56. The minimum atomic E-state index is -3.86. The van der Waals surface area contributed by atoms with Crippen LogP contribution in [0.4, 0.5) is 11.4 Å². The van der Waals surface area contributed by atoms with Gasteiger partial charge in [0.05, 0.1) is 16.8 Å². The number of anilines is 2. The van der Waals surface area contributed by atoms with Crippen molar-refractivity contribution in [1.82, 2.24) is 9.88 Å². The van der Waals surface area contributed by atoms with Crippen molar-refractivity contribution in [3.05, 3.63) is 84.7 Å². The molecule has 3 aromatic rings. The molecular formula is C27H30N4O4S. The number of hydrogen-bond acceptors (Lipinski definition) is 6. The largest absolute Gasteiger partial charge is 0.326 e. The Kier molecular flexibility index (Phi) is 8.12. The number of carbonyl (C=O) groups is 2. The predicted molar refractivity (Wildman–Crippen MR) is 139 cm³/mol. The number of hydrogen-bond donors (Lipinski definition) is 1. The van der Waals surface area contributed by atoms with Gasteiger partial charge in [-0.15, -0.1) is 0 Å². The fraction of sp³-hybridized carbons (Fsp3) is 0.296. The molecule has 0 atom stereocenters. The molecule has 0 spiro atoms. The van der Waals surface area contributed by atoms with E-state index in [0.717, 1.165) is 31.5 Å². The van der Waals surface area contributed by atoms with Gasteiger partial charge in [-0.2, -0.15) is 0 Å². The smallest absolute Gasteiger partial charge is 0.264 e. The topological polar surface area (TPSA) is 99.7 Å². The molecule has 0 unspecified atom stereocenters. The molecule has 4 rings (SSSR count). The molecule has 2 heterocycles. The number of sulfonamides is 1. The number of aromatic nitrogens is 1. The minimum absolute atomic E-state index is 0.0102. The summed E-state index contributed by atoms with van der Waals surface area (Å²) in [5, 5.41) is 2.65. The van der Waals surface area contributed by atoms with Gasteiger partial charge in [0.1, 0.15) is 0 Å². The molecule has 1 aliphatic heterocycles. The van der Waals surface area contributed by atoms with Crippen LogP contribution in [0.5, 0.6) is 0 Å². The minimum Gasteiger partial charge on any atom is -0.326 e. The molecule has 188 valence electrons. The van der Waals surface area contributed by atoms with Crippen LogP contribution in [-0.4, -0.2) is 56.2 Å². The first-order valence-electron chi connectivity index (χ1n) is 12.0. The second-order valence-corrected chi connectivity index (χ2v) is 10.7. The molecule has 1 aromatic heterocycles. The SMILES string of the molecule is CC(=O)Nc1ccc(S(=O)(=O)N(CCN2CCC(C(=O)c3ccccc3)CC2)c2cccnc2)cc1. The summed E-state index contributed by atoms with van der Waals surface area (Å²) < 4.78 is 28.5. The summed E-state index contributed by atoms with van der Waals surface area (Å²) in [5.74, 6) is -0.0571. The summed E-state index contributed by atoms with van der Waals surface area (Å²) >= 11 is 0. The zero-order valence-corrected chi connectivity index (χ0v) is 21.0. The van der Waals surface area contributed by atoms with Crippen molar-refractivity contribution in [2.75, 3.05) is 35.8 Å². The van der Waals surface area contributed by atoms with Crippen molar-refractivity contribution in [3.63, 3.8) is 0 Å². The summed E-state index contributed by atoms with van der Waals surface area (Å²) in [6.45, 7) is 3.64. The first kappa shape index (κ1) is 25.5. The number of ketones is 1. The van der Waals surface area contributed by atoms with E-state index in [0.29, 0.717) is 17.9 Å². The lowest BCUT2D eigenvalue weighted by molar-refractivity contribution is -0.114. The molecule has 1 fully saturated rings. The Balaban J connectivity index is 1.44. The van der Waals surface area contributed by atoms with Crippen LogP contribution in [0.1, 0.15) is 30.1 Å². The number of piperidine rings is 1. The lowest BCUT2D eigenvalue weighted by atomic mass is 9.89. The second kappa shape index (κ2) is 11.5. The van der Waals surface area contributed by atoms with Gasteiger partial charge in [-0.1, -0.05) is 30.3 Å². The standard InChI is InChI=1S/C27H30N4O4S/c1-21(32)29-24-9-11-26(12-10-24)36(34,35)31(25-8-5-15-28-20-25)19-18-30-16-13-23(14-17-30)27(33)22-6-3-2-4-7-22/h2-12,15,20,23H,13-14,16-19H2,1H3,(H,29,32). The van der Waals surface area contributed by atoms with Gasteiger partial charge in [0.25, 0.3) is 10.0 Å². The number of nitrogens with zero attached hydrogens (tertiary/aromatic N) is 3. The maximum Gasteiger partial charge on any atom is 0.264 e. The van der Waals surface area contributed by atoms with E-state index in [1.165, 1.54) is 29.6 Å². The van der Waals surface area contributed by atoms with Crippen LogP contribution >= 0.6 is 0 Å². The number of benzene rings is 2. The highest BCUT2D eigenvalue weighted by atomic mass is 32.2. The number of rotatable bonds is 9. The Morgan fingerprint density at radius 1 is 1.00 bits per heavy atom. The number of nitrogens with one attached hydrogen (secondary N) is 1. The van der Waals surface area contributed by atoms with Gasteiger partial charge < -0.3 is 10.2 Å². The molecule has 1 amide bonds. The highest BCUT2D eigenvalue weighted by Gasteiger charge is 2.29. The van der Waals surface area contributed by atoms with Crippen LogP contribution in [0.3, 0.4) is 0 Å². The van der Waals surface area contributed by atoms with Gasteiger partial charge in [-0.3, -0.25) is 18.9 Å². The van der Waals surface area contributed by atoms with Crippen LogP contribution in [-0.2, 0) is 14.8 Å². The van der Waals surface area contributed by atoms with Crippen LogP contribution in [0.2, 0.25) is 0 Å². The second-order valence-electron chi connectivity index (χ2n) is 8.84. The molecule has 1 saturated heterocycles. The van der Waals surface area contributed by atoms with Crippen molar-refractivity contribution in [1.29, 1.82) is 0 Å². The molecule has 2 aromatic carbocycles. The Labute approximate surface area is 212 Å². The van der Waals surface area contributed by atoms with Crippen LogP contribution in [0.25, 0.3) is 0 Å². The van der Waals surface area contributed by atoms with E-state index < -0.39 is 10.0 Å². The highest BCUT2D eigenvalue weighted by molar-refractivity contribution is 7.92. The molecule has 0 aliphatic carbocycles. The summed E-state index contributed by atoms with van der Waals surface area (Å²) in [7, 11) is -3.86. The van der Waals surface area contributed by atoms with Gasteiger partial charge in [-0.25, -0.2) is 8.42 Å². The summed E-state index contributed by atoms with van der Waals surface area (Å²) in [4.78, 5) is 30.5. The molecule has 1 N–H and O–H groups in total. The number of Topliss-reactive ketones (excluding diaryl/α,β-unsaturated/α-hetero) is 1. The third-order valence-electron chi connectivity index (χ3n) is 6.33. The molecule has 0 saturated carbocycles. The third-order valence-corrected chi connectivity index (χ3v) is 8.17. The van der Waals surface area contributed by atoms with Crippen molar-refractivity contribution in [2.45, 2.75) is 24.7 Å². The van der Waals surface area contributed by atoms with E-state index in [1.54, 1.807) is 30.5 Å². The molecule has 0 radical (unpaired) electrons. The average molecular weight is 507 g/mol. The van der Waals surface area contributed by atoms with Crippen LogP contribution in [0, 0.1) is 5.92 Å². The number of carbonyl (C=O) groups excluding carboxylic acids is 2. The van der Waals surface area contributed by atoms with E-state index in [-0.39, 0.29) is 29.0 Å². The van der Waals surface area contributed by atoms with E-state index in [9.17, 15) is 18.0 Å².